The normalized spacial score (nSPS) is 15.8. The molecule has 0 atom stereocenters. The van der Waals surface area contributed by atoms with Gasteiger partial charge in [-0.3, -0.25) is 4.79 Å². The summed E-state index contributed by atoms with van der Waals surface area (Å²) in [4.78, 5) is 10.1. The number of carbonyl (C=O) groups excluding carboxylic acids is 1. The summed E-state index contributed by atoms with van der Waals surface area (Å²) in [7, 11) is 0. The summed E-state index contributed by atoms with van der Waals surface area (Å²) in [5, 5.41) is 2.68. The molecule has 1 saturated heterocycles. The number of carbonyl (C=O) groups is 1. The first kappa shape index (κ1) is 11.0. The second-order valence-corrected chi connectivity index (χ2v) is 1.45. The molecule has 1 amide bonds. The van der Waals surface area contributed by atoms with Gasteiger partial charge in [0.2, 0.25) is 5.91 Å². The Morgan fingerprint density at radius 2 is 2.12 bits per heavy atom. The maximum absolute atomic E-state index is 10.1. The standard InChI is InChI=1S/C4H7NO.BH4.Li/c6-4-2-1-3-5-4;;/h1-3H2,(H,5,6);1H4;/q;-1;+1. The van der Waals surface area contributed by atoms with Gasteiger partial charge in [0.1, 0.15) is 0 Å². The molecule has 0 unspecified atom stereocenters. The molecule has 0 aromatic heterocycles. The molecule has 1 N–H and O–H groups in total. The average Bonchev–Trinajstić information content (AvgIpc) is 1.86. The summed E-state index contributed by atoms with van der Waals surface area (Å²) in [5.41, 5.74) is 0. The van der Waals surface area contributed by atoms with Gasteiger partial charge in [-0.1, -0.05) is 8.41 Å². The van der Waals surface area contributed by atoms with Crippen molar-refractivity contribution in [1.29, 1.82) is 0 Å². The quantitative estimate of drug-likeness (QED) is 0.310. The Morgan fingerprint density at radius 1 is 1.50 bits per heavy atom. The molecule has 0 saturated carbocycles. The largest absolute Gasteiger partial charge is 1.00 e. The Kier molecular flexibility index (Phi) is 7.25. The van der Waals surface area contributed by atoms with Crippen molar-refractivity contribution in [3.8, 4) is 0 Å². The van der Waals surface area contributed by atoms with Crippen molar-refractivity contribution in [1.82, 2.24) is 5.32 Å². The van der Waals surface area contributed by atoms with Crippen molar-refractivity contribution >= 4 is 14.3 Å². The summed E-state index contributed by atoms with van der Waals surface area (Å²) in [6.07, 6.45) is 1.76. The van der Waals surface area contributed by atoms with E-state index in [-0.39, 0.29) is 33.2 Å². The molecule has 0 radical (unpaired) electrons. The van der Waals surface area contributed by atoms with E-state index < -0.39 is 0 Å². The molecule has 0 spiro atoms. The van der Waals surface area contributed by atoms with E-state index in [9.17, 15) is 4.79 Å². The van der Waals surface area contributed by atoms with Gasteiger partial charge in [-0.05, 0) is 6.42 Å². The fraction of sp³-hybridized carbons (Fsp3) is 0.750. The molecule has 0 aromatic rings. The van der Waals surface area contributed by atoms with Crippen molar-refractivity contribution < 1.29 is 23.7 Å². The topological polar surface area (TPSA) is 29.1 Å². The van der Waals surface area contributed by atoms with Gasteiger partial charge < -0.3 is 5.32 Å². The smallest absolute Gasteiger partial charge is 0.356 e. The summed E-state index contributed by atoms with van der Waals surface area (Å²) < 4.78 is 0. The van der Waals surface area contributed by atoms with E-state index in [0.29, 0.717) is 0 Å². The molecule has 1 heterocycles. The van der Waals surface area contributed by atoms with E-state index in [2.05, 4.69) is 5.32 Å². The fourth-order valence-electron chi connectivity index (χ4n) is 0.565. The van der Waals surface area contributed by atoms with E-state index in [1.54, 1.807) is 0 Å². The van der Waals surface area contributed by atoms with Gasteiger partial charge >= 0.3 is 18.9 Å². The fourth-order valence-corrected chi connectivity index (χ4v) is 0.565. The minimum absolute atomic E-state index is 0. The van der Waals surface area contributed by atoms with Crippen molar-refractivity contribution in [2.75, 3.05) is 6.54 Å². The summed E-state index contributed by atoms with van der Waals surface area (Å²) in [6.45, 7) is 0.888. The van der Waals surface area contributed by atoms with Crippen LogP contribution in [0.25, 0.3) is 0 Å². The van der Waals surface area contributed by atoms with Crippen LogP contribution in [0.4, 0.5) is 0 Å². The summed E-state index contributed by atoms with van der Waals surface area (Å²) >= 11 is 0. The Labute approximate surface area is 63.2 Å². The van der Waals surface area contributed by atoms with Crippen LogP contribution in [0.5, 0.6) is 0 Å². The van der Waals surface area contributed by atoms with E-state index >= 15 is 0 Å². The van der Waals surface area contributed by atoms with Crippen LogP contribution in [0, 0.1) is 0 Å². The first-order valence-corrected chi connectivity index (χ1v) is 2.16. The molecule has 0 bridgehead atoms. The molecule has 1 aliphatic heterocycles. The van der Waals surface area contributed by atoms with E-state index in [0.717, 1.165) is 19.4 Å². The number of hydrogen-bond acceptors (Lipinski definition) is 1. The molecule has 4 heteroatoms. The molecule has 1 rings (SSSR count). The maximum atomic E-state index is 10.1. The third kappa shape index (κ3) is 3.18. The molecule has 8 heavy (non-hydrogen) atoms. The van der Waals surface area contributed by atoms with Crippen LogP contribution in [0.3, 0.4) is 0 Å². The van der Waals surface area contributed by atoms with E-state index in [4.69, 9.17) is 0 Å². The Balaban J connectivity index is 0. The van der Waals surface area contributed by atoms with Crippen molar-refractivity contribution in [3.05, 3.63) is 0 Å². The zero-order valence-electron chi connectivity index (χ0n) is 4.53. The van der Waals surface area contributed by atoms with Gasteiger partial charge in [-0.25, -0.2) is 0 Å². The first-order chi connectivity index (χ1) is 2.89. The Bertz CT molecular complexity index is 70.4. The number of hydrogen-bond donors (Lipinski definition) is 1. The van der Waals surface area contributed by atoms with Gasteiger partial charge in [0.15, 0.2) is 0 Å². The minimum atomic E-state index is 0. The van der Waals surface area contributed by atoms with Gasteiger partial charge in [0.05, 0.1) is 0 Å². The number of amides is 1. The predicted octanol–water partition coefficient (Wildman–Crippen LogP) is -4.55. The third-order valence-corrected chi connectivity index (χ3v) is 0.903. The maximum Gasteiger partial charge on any atom is 1.00 e. The zero-order valence-corrected chi connectivity index (χ0v) is 4.53. The second kappa shape index (κ2) is 5.27. The zero-order chi connectivity index (χ0) is 4.41. The van der Waals surface area contributed by atoms with Crippen LogP contribution >= 0.6 is 0 Å². The van der Waals surface area contributed by atoms with Gasteiger partial charge in [0, 0.05) is 13.0 Å². The average molecular weight is 107 g/mol. The van der Waals surface area contributed by atoms with Crippen LogP contribution in [0.15, 0.2) is 0 Å². The van der Waals surface area contributed by atoms with Crippen molar-refractivity contribution in [2.24, 2.45) is 0 Å². The molecular formula is C4H11BLiNO. The number of rotatable bonds is 0. The third-order valence-electron chi connectivity index (χ3n) is 0.903. The minimum Gasteiger partial charge on any atom is -0.356 e. The van der Waals surface area contributed by atoms with Crippen LogP contribution in [-0.2, 0) is 4.79 Å². The van der Waals surface area contributed by atoms with Crippen LogP contribution < -0.4 is 24.2 Å². The molecule has 0 aliphatic carbocycles. The monoisotopic (exact) mass is 107 g/mol. The van der Waals surface area contributed by atoms with Crippen LogP contribution in [0.1, 0.15) is 12.8 Å². The summed E-state index contributed by atoms with van der Waals surface area (Å²) in [5.74, 6) is 0.204. The van der Waals surface area contributed by atoms with Gasteiger partial charge in [-0.2, -0.15) is 0 Å². The van der Waals surface area contributed by atoms with Crippen LogP contribution in [0.2, 0.25) is 0 Å². The molecule has 2 nitrogen and oxygen atoms in total. The van der Waals surface area contributed by atoms with E-state index in [1.165, 1.54) is 0 Å². The predicted molar refractivity (Wildman–Crippen MR) is 33.6 cm³/mol. The van der Waals surface area contributed by atoms with Crippen LogP contribution in [-0.4, -0.2) is 20.9 Å². The van der Waals surface area contributed by atoms with Gasteiger partial charge in [-0.15, -0.1) is 0 Å². The van der Waals surface area contributed by atoms with E-state index in [1.807, 2.05) is 0 Å². The van der Waals surface area contributed by atoms with Crippen molar-refractivity contribution in [3.63, 3.8) is 0 Å². The SMILES string of the molecule is O=C1CCCN1.[BH4-].[Li+]. The molecular weight excluding hydrogens is 95.8 g/mol. The molecule has 42 valence electrons. The molecule has 0 aromatic carbocycles. The second-order valence-electron chi connectivity index (χ2n) is 1.45. The first-order valence-electron chi connectivity index (χ1n) is 2.16. The Hall–Kier alpha value is 0.132. The molecule has 1 fully saturated rings. The summed E-state index contributed by atoms with van der Waals surface area (Å²) in [6, 6.07) is 0. The van der Waals surface area contributed by atoms with Crippen molar-refractivity contribution in [2.45, 2.75) is 12.8 Å². The van der Waals surface area contributed by atoms with Gasteiger partial charge in [0.25, 0.3) is 0 Å². The number of nitrogens with one attached hydrogen (secondary N) is 1. The Morgan fingerprint density at radius 3 is 2.25 bits per heavy atom. The molecule has 1 aliphatic rings.